The van der Waals surface area contributed by atoms with Crippen LogP contribution < -0.4 is 5.56 Å². The van der Waals surface area contributed by atoms with Crippen molar-refractivity contribution in [1.82, 2.24) is 39.5 Å². The van der Waals surface area contributed by atoms with Gasteiger partial charge in [-0.15, -0.1) is 0 Å². The van der Waals surface area contributed by atoms with E-state index < -0.39 is 16.1 Å². The molecule has 18 heteroatoms. The first-order valence-corrected chi connectivity index (χ1v) is 22.4. The molecule has 220 valence electrons. The van der Waals surface area contributed by atoms with Gasteiger partial charge in [0.05, 0.1) is 5.39 Å². The van der Waals surface area contributed by atoms with Gasteiger partial charge in [0.1, 0.15) is 33.2 Å². The lowest BCUT2D eigenvalue weighted by atomic mass is 10.4. The number of rotatable bonds is 10. The van der Waals surface area contributed by atoms with Crippen molar-refractivity contribution >= 4 is 105 Å². The van der Waals surface area contributed by atoms with Crippen molar-refractivity contribution in [3.05, 3.63) is 35.3 Å². The molecule has 4 heterocycles. The summed E-state index contributed by atoms with van der Waals surface area (Å²) < 4.78 is 15.5. The van der Waals surface area contributed by atoms with Gasteiger partial charge in [0.15, 0.2) is 11.3 Å². The van der Waals surface area contributed by atoms with Gasteiger partial charge >= 0.3 is 0 Å². The molecule has 0 spiro atoms. The van der Waals surface area contributed by atoms with Crippen LogP contribution in [0.2, 0.25) is 67.1 Å². The Hall–Kier alpha value is -0.916. The first-order valence-electron chi connectivity index (χ1n) is 12.3. The lowest BCUT2D eigenvalue weighted by Crippen LogP contribution is -2.22. The van der Waals surface area contributed by atoms with Crippen molar-refractivity contribution in [2.75, 3.05) is 13.2 Å². The van der Waals surface area contributed by atoms with Crippen molar-refractivity contribution in [2.45, 2.75) is 64.8 Å². The lowest BCUT2D eigenvalue weighted by Gasteiger charge is -2.15. The molecule has 0 fully saturated rings. The number of halogens is 5. The Kier molecular flexibility index (Phi) is 11.8. The highest BCUT2D eigenvalue weighted by atomic mass is 79.9. The van der Waals surface area contributed by atoms with E-state index in [1.165, 1.54) is 4.68 Å². The predicted octanol–water partition coefficient (Wildman–Crippen LogP) is 7.06. The van der Waals surface area contributed by atoms with Crippen molar-refractivity contribution in [3.8, 4) is 0 Å². The van der Waals surface area contributed by atoms with E-state index in [2.05, 4.69) is 101 Å². The van der Waals surface area contributed by atoms with Gasteiger partial charge in [-0.1, -0.05) is 50.9 Å². The fourth-order valence-corrected chi connectivity index (χ4v) is 6.58. The minimum Gasteiger partial charge on any atom is -0.359 e. The molecule has 0 atom stereocenters. The number of nitrogens with one attached hydrogen (secondary N) is 1. The van der Waals surface area contributed by atoms with Crippen molar-refractivity contribution < 1.29 is 9.47 Å². The largest absolute Gasteiger partial charge is 0.359 e. The van der Waals surface area contributed by atoms with Crippen LogP contribution in [0.1, 0.15) is 0 Å². The minimum atomic E-state index is -1.12. The summed E-state index contributed by atoms with van der Waals surface area (Å²) in [5, 5.41) is 9.94. The highest BCUT2D eigenvalue weighted by molar-refractivity contribution is 9.10. The topological polar surface area (TPSA) is 126 Å². The average Bonchev–Trinajstić information content (AvgIpc) is 3.29. The van der Waals surface area contributed by atoms with Crippen molar-refractivity contribution in [3.63, 3.8) is 0 Å². The fourth-order valence-electron chi connectivity index (χ4n) is 3.21. The normalized spacial score (nSPS) is 12.3. The van der Waals surface area contributed by atoms with Gasteiger partial charge in [0.2, 0.25) is 10.6 Å². The molecule has 0 amide bonds. The molecule has 0 aliphatic rings. The Morgan fingerprint density at radius 2 is 1.25 bits per heavy atom. The molecule has 0 unspecified atom stereocenters. The zero-order valence-electron chi connectivity index (χ0n) is 23.0. The van der Waals surface area contributed by atoms with Gasteiger partial charge in [-0.3, -0.25) is 9.78 Å². The summed E-state index contributed by atoms with van der Waals surface area (Å²) >= 11 is 24.2. The summed E-state index contributed by atoms with van der Waals surface area (Å²) in [6.45, 7) is 15.7. The smallest absolute Gasteiger partial charge is 0.264 e. The standard InChI is InChI=1S/C11H15BrCl2N4OSi.C11H16BrClN4O2Si/c1-20(2,3)5-4-19-6-18-10-7(8(12)17-18)9(13)15-11(14)16-10;1-20(2,3)5-4-19-6-17-9-7(8(12)16-17)10(18)15-11(13)14-9/h4-6H2,1-3H3;4-6H2,1-3H3,(H,14,15,18). The summed E-state index contributed by atoms with van der Waals surface area (Å²) in [5.74, 6) is 0. The van der Waals surface area contributed by atoms with E-state index in [9.17, 15) is 4.79 Å². The minimum absolute atomic E-state index is 0.0400. The summed E-state index contributed by atoms with van der Waals surface area (Å²) in [6, 6.07) is 2.17. The van der Waals surface area contributed by atoms with E-state index in [1.807, 2.05) is 0 Å². The van der Waals surface area contributed by atoms with E-state index in [0.29, 0.717) is 51.2 Å². The predicted molar refractivity (Wildman–Crippen MR) is 172 cm³/mol. The molecule has 0 saturated carbocycles. The number of aromatic nitrogens is 8. The Bertz CT molecular complexity index is 1540. The van der Waals surface area contributed by atoms with Crippen LogP contribution in [-0.2, 0) is 22.9 Å². The highest BCUT2D eigenvalue weighted by Crippen LogP contribution is 2.29. The zero-order valence-corrected chi connectivity index (χ0v) is 30.4. The molecule has 0 radical (unpaired) electrons. The maximum absolute atomic E-state index is 11.8. The van der Waals surface area contributed by atoms with Gasteiger partial charge in [0.25, 0.3) is 5.56 Å². The Balaban J connectivity index is 0.000000220. The third-order valence-corrected chi connectivity index (χ3v) is 10.6. The number of nitrogens with zero attached hydrogens (tertiary/aromatic N) is 7. The summed E-state index contributed by atoms with van der Waals surface area (Å²) in [7, 11) is -2.21. The molecule has 40 heavy (non-hydrogen) atoms. The van der Waals surface area contributed by atoms with E-state index in [0.717, 1.165) is 12.1 Å². The molecule has 11 nitrogen and oxygen atoms in total. The van der Waals surface area contributed by atoms with Crippen LogP contribution in [0.25, 0.3) is 22.1 Å². The quantitative estimate of drug-likeness (QED) is 0.0786. The average molecular weight is 778 g/mol. The molecule has 4 rings (SSSR count). The van der Waals surface area contributed by atoms with E-state index in [1.54, 1.807) is 4.68 Å². The summed E-state index contributed by atoms with van der Waals surface area (Å²) in [4.78, 5) is 26.4. The second-order valence-electron chi connectivity index (χ2n) is 11.3. The molecule has 0 aromatic carbocycles. The van der Waals surface area contributed by atoms with Crippen LogP contribution in [0.3, 0.4) is 0 Å². The van der Waals surface area contributed by atoms with E-state index >= 15 is 0 Å². The second-order valence-corrected chi connectivity index (χ2v) is 25.1. The molecule has 0 saturated heterocycles. The summed E-state index contributed by atoms with van der Waals surface area (Å²) in [5.41, 5.74) is 0.661. The SMILES string of the molecule is C[Si](C)(C)CCOCn1nc(Br)c2c(=O)[nH]c(Cl)nc21.C[Si](C)(C)CCOCn1nc(Br)c2c(Cl)nc(Cl)nc21. The number of fused-ring (bicyclic) bond motifs is 2. The fraction of sp³-hybridized carbons (Fsp3) is 0.545. The maximum Gasteiger partial charge on any atom is 0.264 e. The van der Waals surface area contributed by atoms with Crippen LogP contribution in [0.15, 0.2) is 14.0 Å². The second kappa shape index (κ2) is 14.0. The maximum atomic E-state index is 11.8. The molecule has 0 aliphatic heterocycles. The van der Waals surface area contributed by atoms with Crippen LogP contribution in [0, 0.1) is 0 Å². The van der Waals surface area contributed by atoms with Crippen LogP contribution in [0.5, 0.6) is 0 Å². The van der Waals surface area contributed by atoms with Gasteiger partial charge in [0, 0.05) is 29.4 Å². The number of H-pyrrole nitrogens is 1. The first kappa shape index (κ1) is 33.6. The zero-order chi connectivity index (χ0) is 29.8. The highest BCUT2D eigenvalue weighted by Gasteiger charge is 2.18. The van der Waals surface area contributed by atoms with Gasteiger partial charge in [-0.2, -0.15) is 20.2 Å². The van der Waals surface area contributed by atoms with Gasteiger partial charge in [-0.05, 0) is 67.1 Å². The third-order valence-electron chi connectivity index (χ3n) is 5.43. The monoisotopic (exact) mass is 774 g/mol. The van der Waals surface area contributed by atoms with E-state index in [-0.39, 0.29) is 28.0 Å². The first-order chi connectivity index (χ1) is 18.6. The number of ether oxygens (including phenoxy) is 2. The van der Waals surface area contributed by atoms with Crippen LogP contribution >= 0.6 is 66.7 Å². The molecule has 4 aromatic heterocycles. The summed E-state index contributed by atoms with van der Waals surface area (Å²) in [6.07, 6.45) is 0. The Morgan fingerprint density at radius 3 is 1.75 bits per heavy atom. The Labute approximate surface area is 265 Å². The molecule has 1 N–H and O–H groups in total. The molecular weight excluding hydrogens is 747 g/mol. The Morgan fingerprint density at radius 1 is 0.775 bits per heavy atom. The van der Waals surface area contributed by atoms with Crippen molar-refractivity contribution in [1.29, 1.82) is 0 Å². The van der Waals surface area contributed by atoms with Crippen molar-refractivity contribution in [2.24, 2.45) is 0 Å². The van der Waals surface area contributed by atoms with Gasteiger partial charge in [-0.25, -0.2) is 14.3 Å². The molecule has 0 aliphatic carbocycles. The van der Waals surface area contributed by atoms with Crippen LogP contribution in [0.4, 0.5) is 0 Å². The lowest BCUT2D eigenvalue weighted by molar-refractivity contribution is 0.0809. The number of aromatic amines is 1. The molecular formula is C22H31Br2Cl3N8O3Si2. The van der Waals surface area contributed by atoms with Gasteiger partial charge < -0.3 is 9.47 Å². The van der Waals surface area contributed by atoms with E-state index in [4.69, 9.17) is 44.3 Å². The van der Waals surface area contributed by atoms with Crippen LogP contribution in [-0.4, -0.2) is 68.9 Å². The molecule has 0 bridgehead atoms. The third kappa shape index (κ3) is 9.56. The number of hydrogen-bond donors (Lipinski definition) is 1. The molecule has 4 aromatic rings. The number of hydrogen-bond acceptors (Lipinski definition) is 8.